The van der Waals surface area contributed by atoms with Gasteiger partial charge in [0, 0.05) is 12.8 Å². The van der Waals surface area contributed by atoms with Gasteiger partial charge < -0.3 is 9.84 Å². The lowest BCUT2D eigenvalue weighted by Crippen LogP contribution is -2.39. The SMILES string of the molecule is Cc1cc(F)ccc1C1(O)CC2CCC(C1)O2. The van der Waals surface area contributed by atoms with Gasteiger partial charge in [-0.15, -0.1) is 0 Å². The lowest BCUT2D eigenvalue weighted by Gasteiger charge is -2.37. The van der Waals surface area contributed by atoms with Crippen LogP contribution in [0.15, 0.2) is 18.2 Å². The molecule has 0 aliphatic carbocycles. The van der Waals surface area contributed by atoms with Crippen molar-refractivity contribution in [1.82, 2.24) is 0 Å². The summed E-state index contributed by atoms with van der Waals surface area (Å²) in [5, 5.41) is 10.8. The van der Waals surface area contributed by atoms with Gasteiger partial charge in [-0.05, 0) is 43.0 Å². The molecule has 1 aromatic rings. The maximum absolute atomic E-state index is 13.1. The Morgan fingerprint density at radius 3 is 2.53 bits per heavy atom. The third kappa shape index (κ3) is 1.87. The number of fused-ring (bicyclic) bond motifs is 2. The molecule has 17 heavy (non-hydrogen) atoms. The summed E-state index contributed by atoms with van der Waals surface area (Å²) in [7, 11) is 0. The molecule has 0 amide bonds. The predicted molar refractivity (Wildman–Crippen MR) is 62.2 cm³/mol. The first-order valence-electron chi connectivity index (χ1n) is 6.21. The Labute approximate surface area is 100 Å². The third-order valence-electron chi connectivity index (χ3n) is 4.02. The standard InChI is InChI=1S/C14H17FO2/c1-9-6-10(15)2-5-13(9)14(16)7-11-3-4-12(8-14)17-11/h2,5-6,11-12,16H,3-4,7-8H2,1H3. The molecule has 3 rings (SSSR count). The zero-order valence-electron chi connectivity index (χ0n) is 9.95. The highest BCUT2D eigenvalue weighted by atomic mass is 19.1. The van der Waals surface area contributed by atoms with Gasteiger partial charge in [0.25, 0.3) is 0 Å². The van der Waals surface area contributed by atoms with E-state index in [2.05, 4.69) is 0 Å². The molecule has 2 saturated heterocycles. The zero-order chi connectivity index (χ0) is 12.0. The second kappa shape index (κ2) is 3.79. The van der Waals surface area contributed by atoms with Crippen LogP contribution in [0.5, 0.6) is 0 Å². The predicted octanol–water partition coefficient (Wildman–Crippen LogP) is 2.66. The second-order valence-electron chi connectivity index (χ2n) is 5.36. The Morgan fingerprint density at radius 1 is 1.29 bits per heavy atom. The van der Waals surface area contributed by atoms with Crippen molar-refractivity contribution in [2.24, 2.45) is 0 Å². The molecule has 0 radical (unpaired) electrons. The van der Waals surface area contributed by atoms with Gasteiger partial charge in [0.2, 0.25) is 0 Å². The van der Waals surface area contributed by atoms with Crippen molar-refractivity contribution in [2.45, 2.75) is 50.4 Å². The maximum Gasteiger partial charge on any atom is 0.123 e. The van der Waals surface area contributed by atoms with Crippen LogP contribution in [0, 0.1) is 12.7 Å². The molecule has 2 aliphatic rings. The molecule has 2 unspecified atom stereocenters. The van der Waals surface area contributed by atoms with Gasteiger partial charge in [0.1, 0.15) is 5.82 Å². The van der Waals surface area contributed by atoms with Gasteiger partial charge in [-0.25, -0.2) is 4.39 Å². The number of ether oxygens (including phenoxy) is 1. The van der Waals surface area contributed by atoms with Crippen LogP contribution in [0.1, 0.15) is 36.8 Å². The molecule has 92 valence electrons. The highest BCUT2D eigenvalue weighted by Crippen LogP contribution is 2.44. The number of aryl methyl sites for hydroxylation is 1. The maximum atomic E-state index is 13.1. The number of aliphatic hydroxyl groups is 1. The molecule has 0 saturated carbocycles. The van der Waals surface area contributed by atoms with Crippen LogP contribution in [-0.4, -0.2) is 17.3 Å². The molecule has 2 aliphatic heterocycles. The molecular formula is C14H17FO2. The molecule has 1 aromatic carbocycles. The first-order valence-corrected chi connectivity index (χ1v) is 6.21. The smallest absolute Gasteiger partial charge is 0.123 e. The van der Waals surface area contributed by atoms with Crippen molar-refractivity contribution in [3.63, 3.8) is 0 Å². The molecule has 2 fully saturated rings. The summed E-state index contributed by atoms with van der Waals surface area (Å²) < 4.78 is 18.8. The molecular weight excluding hydrogens is 219 g/mol. The van der Waals surface area contributed by atoms with E-state index in [1.54, 1.807) is 6.07 Å². The summed E-state index contributed by atoms with van der Waals surface area (Å²) in [5.74, 6) is -0.245. The Kier molecular flexibility index (Phi) is 2.49. The lowest BCUT2D eigenvalue weighted by atomic mass is 9.81. The highest BCUT2D eigenvalue weighted by Gasteiger charge is 2.45. The highest BCUT2D eigenvalue weighted by molar-refractivity contribution is 5.33. The molecule has 2 heterocycles. The third-order valence-corrected chi connectivity index (χ3v) is 4.02. The van der Waals surface area contributed by atoms with E-state index in [4.69, 9.17) is 4.74 Å². The summed E-state index contributed by atoms with van der Waals surface area (Å²) in [4.78, 5) is 0. The largest absolute Gasteiger partial charge is 0.385 e. The van der Waals surface area contributed by atoms with Crippen LogP contribution < -0.4 is 0 Å². The van der Waals surface area contributed by atoms with Gasteiger partial charge in [-0.1, -0.05) is 6.07 Å². The molecule has 3 heteroatoms. The second-order valence-corrected chi connectivity index (χ2v) is 5.36. The van der Waals surface area contributed by atoms with Gasteiger partial charge in [-0.2, -0.15) is 0 Å². The molecule has 2 nitrogen and oxygen atoms in total. The van der Waals surface area contributed by atoms with E-state index in [-0.39, 0.29) is 18.0 Å². The fourth-order valence-electron chi connectivity index (χ4n) is 3.29. The number of hydrogen-bond donors (Lipinski definition) is 1. The minimum atomic E-state index is -0.831. The lowest BCUT2D eigenvalue weighted by molar-refractivity contribution is -0.115. The fraction of sp³-hybridized carbons (Fsp3) is 0.571. The summed E-state index contributed by atoms with van der Waals surface area (Å²) in [6.07, 6.45) is 3.68. The monoisotopic (exact) mass is 236 g/mol. The quantitative estimate of drug-likeness (QED) is 0.812. The Balaban J connectivity index is 1.97. The average molecular weight is 236 g/mol. The van der Waals surface area contributed by atoms with E-state index >= 15 is 0 Å². The fourth-order valence-corrected chi connectivity index (χ4v) is 3.29. The van der Waals surface area contributed by atoms with Crippen molar-refractivity contribution in [2.75, 3.05) is 0 Å². The van der Waals surface area contributed by atoms with E-state index in [0.29, 0.717) is 12.8 Å². The summed E-state index contributed by atoms with van der Waals surface area (Å²) in [5.41, 5.74) is 0.856. The molecule has 0 spiro atoms. The Bertz CT molecular complexity index is 432. The summed E-state index contributed by atoms with van der Waals surface area (Å²) in [6, 6.07) is 4.64. The topological polar surface area (TPSA) is 29.5 Å². The van der Waals surface area contributed by atoms with Crippen molar-refractivity contribution >= 4 is 0 Å². The van der Waals surface area contributed by atoms with Gasteiger partial charge >= 0.3 is 0 Å². The van der Waals surface area contributed by atoms with Crippen LogP contribution >= 0.6 is 0 Å². The average Bonchev–Trinajstić information content (AvgIpc) is 2.58. The van der Waals surface area contributed by atoms with E-state index < -0.39 is 5.60 Å². The van der Waals surface area contributed by atoms with Crippen LogP contribution in [-0.2, 0) is 10.3 Å². The van der Waals surface area contributed by atoms with Gasteiger partial charge in [-0.3, -0.25) is 0 Å². The number of rotatable bonds is 1. The van der Waals surface area contributed by atoms with Crippen molar-refractivity contribution < 1.29 is 14.2 Å². The van der Waals surface area contributed by atoms with E-state index in [1.807, 2.05) is 6.92 Å². The number of halogens is 1. The normalized spacial score (nSPS) is 36.2. The molecule has 2 atom stereocenters. The first kappa shape index (κ1) is 11.2. The molecule has 1 N–H and O–H groups in total. The minimum absolute atomic E-state index is 0.170. The zero-order valence-corrected chi connectivity index (χ0v) is 9.95. The van der Waals surface area contributed by atoms with Crippen LogP contribution in [0.2, 0.25) is 0 Å². The Hall–Kier alpha value is -0.930. The van der Waals surface area contributed by atoms with Crippen molar-refractivity contribution in [3.8, 4) is 0 Å². The van der Waals surface area contributed by atoms with Crippen LogP contribution in [0.3, 0.4) is 0 Å². The van der Waals surface area contributed by atoms with Crippen LogP contribution in [0.25, 0.3) is 0 Å². The van der Waals surface area contributed by atoms with Gasteiger partial charge in [0.15, 0.2) is 0 Å². The Morgan fingerprint density at radius 2 is 1.94 bits per heavy atom. The van der Waals surface area contributed by atoms with E-state index in [9.17, 15) is 9.50 Å². The van der Waals surface area contributed by atoms with Gasteiger partial charge in [0.05, 0.1) is 17.8 Å². The minimum Gasteiger partial charge on any atom is -0.385 e. The van der Waals surface area contributed by atoms with E-state index in [1.165, 1.54) is 12.1 Å². The first-order chi connectivity index (χ1) is 8.07. The summed E-state index contributed by atoms with van der Waals surface area (Å²) >= 11 is 0. The number of benzene rings is 1. The molecule has 0 aromatic heterocycles. The summed E-state index contributed by atoms with van der Waals surface area (Å²) in [6.45, 7) is 1.85. The number of hydrogen-bond acceptors (Lipinski definition) is 2. The molecule has 2 bridgehead atoms. The van der Waals surface area contributed by atoms with E-state index in [0.717, 1.165) is 24.0 Å². The van der Waals surface area contributed by atoms with Crippen molar-refractivity contribution in [1.29, 1.82) is 0 Å². The van der Waals surface area contributed by atoms with Crippen LogP contribution in [0.4, 0.5) is 4.39 Å². The van der Waals surface area contributed by atoms with Crippen molar-refractivity contribution in [3.05, 3.63) is 35.1 Å².